The lowest BCUT2D eigenvalue weighted by atomic mass is 10.1. The molecule has 0 spiro atoms. The summed E-state index contributed by atoms with van der Waals surface area (Å²) >= 11 is 1.36. The van der Waals surface area contributed by atoms with Gasteiger partial charge in [-0.15, -0.1) is 0 Å². The van der Waals surface area contributed by atoms with Gasteiger partial charge in [0.15, 0.2) is 16.7 Å². The summed E-state index contributed by atoms with van der Waals surface area (Å²) in [6, 6.07) is 31.9. The zero-order valence-corrected chi connectivity index (χ0v) is 23.9. The van der Waals surface area contributed by atoms with E-state index in [9.17, 15) is 9.59 Å². The van der Waals surface area contributed by atoms with Gasteiger partial charge in [-0.3, -0.25) is 9.69 Å². The molecule has 0 unspecified atom stereocenters. The number of carbonyl (C=O) groups is 2. The SMILES string of the molecule is COc1cc(/C=C2\SC(=Nc3ccccc3)N(CCCc3ccccc3)C2=O)ccc1OCc1ccc(C(=O)O)cc1. The molecule has 1 aliphatic heterocycles. The molecule has 5 rings (SSSR count). The van der Waals surface area contributed by atoms with Gasteiger partial charge in [0.2, 0.25) is 0 Å². The third kappa shape index (κ3) is 7.27. The molecule has 1 fully saturated rings. The molecular formula is C34H30N2O5S. The predicted octanol–water partition coefficient (Wildman–Crippen LogP) is 7.21. The Bertz CT molecular complexity index is 1600. The first-order chi connectivity index (χ1) is 20.5. The molecule has 0 aliphatic carbocycles. The Morgan fingerprint density at radius 2 is 1.62 bits per heavy atom. The molecule has 1 saturated heterocycles. The van der Waals surface area contributed by atoms with E-state index in [-0.39, 0.29) is 18.1 Å². The number of ether oxygens (including phenoxy) is 2. The summed E-state index contributed by atoms with van der Waals surface area (Å²) in [5, 5.41) is 9.75. The highest BCUT2D eigenvalue weighted by Gasteiger charge is 2.33. The van der Waals surface area contributed by atoms with E-state index in [4.69, 9.17) is 19.6 Å². The third-order valence-electron chi connectivity index (χ3n) is 6.64. The molecule has 212 valence electrons. The highest BCUT2D eigenvalue weighted by molar-refractivity contribution is 8.18. The number of para-hydroxylation sites is 1. The molecule has 8 heteroatoms. The van der Waals surface area contributed by atoms with Crippen molar-refractivity contribution in [2.24, 2.45) is 4.99 Å². The number of benzene rings is 4. The Morgan fingerprint density at radius 1 is 0.905 bits per heavy atom. The van der Waals surface area contributed by atoms with E-state index < -0.39 is 5.97 Å². The van der Waals surface area contributed by atoms with Crippen LogP contribution < -0.4 is 9.47 Å². The van der Waals surface area contributed by atoms with Gasteiger partial charge >= 0.3 is 5.97 Å². The summed E-state index contributed by atoms with van der Waals surface area (Å²) in [6.45, 7) is 0.815. The first-order valence-electron chi connectivity index (χ1n) is 13.5. The van der Waals surface area contributed by atoms with Crippen LogP contribution in [0.1, 0.15) is 33.5 Å². The van der Waals surface area contributed by atoms with Crippen LogP contribution in [-0.2, 0) is 17.8 Å². The summed E-state index contributed by atoms with van der Waals surface area (Å²) in [5.74, 6) is 0.0226. The van der Waals surface area contributed by atoms with Gasteiger partial charge in [-0.2, -0.15) is 0 Å². The first kappa shape index (κ1) is 28.7. The van der Waals surface area contributed by atoms with Crippen molar-refractivity contribution < 1.29 is 24.2 Å². The van der Waals surface area contributed by atoms with Gasteiger partial charge in [-0.25, -0.2) is 9.79 Å². The molecule has 4 aromatic carbocycles. The van der Waals surface area contributed by atoms with Crippen LogP contribution in [0.15, 0.2) is 113 Å². The average Bonchev–Trinajstić information content (AvgIpc) is 3.30. The average molecular weight is 579 g/mol. The van der Waals surface area contributed by atoms with E-state index in [1.165, 1.54) is 17.3 Å². The maximum absolute atomic E-state index is 13.6. The zero-order chi connectivity index (χ0) is 29.3. The monoisotopic (exact) mass is 578 g/mol. The Labute approximate surface area is 249 Å². The fourth-order valence-corrected chi connectivity index (χ4v) is 5.46. The second kappa shape index (κ2) is 13.7. The molecule has 0 bridgehead atoms. The molecule has 0 saturated carbocycles. The molecule has 1 amide bonds. The number of carbonyl (C=O) groups excluding carboxylic acids is 1. The van der Waals surface area contributed by atoms with Gasteiger partial charge in [-0.05, 0) is 83.8 Å². The van der Waals surface area contributed by atoms with E-state index in [2.05, 4.69) is 12.1 Å². The largest absolute Gasteiger partial charge is 0.493 e. The van der Waals surface area contributed by atoms with Crippen LogP contribution in [0.2, 0.25) is 0 Å². The number of amidine groups is 1. The summed E-state index contributed by atoms with van der Waals surface area (Å²) in [5.41, 5.74) is 3.88. The summed E-state index contributed by atoms with van der Waals surface area (Å²) in [6.07, 6.45) is 3.53. The number of aryl methyl sites for hydroxylation is 1. The number of thioether (sulfide) groups is 1. The molecule has 0 radical (unpaired) electrons. The normalized spacial score (nSPS) is 14.9. The number of nitrogens with zero attached hydrogens (tertiary/aromatic N) is 2. The van der Waals surface area contributed by atoms with Gasteiger partial charge in [0.05, 0.1) is 23.3 Å². The molecule has 0 atom stereocenters. The van der Waals surface area contributed by atoms with Crippen molar-refractivity contribution >= 4 is 40.6 Å². The Kier molecular flexibility index (Phi) is 9.36. The number of methoxy groups -OCH3 is 1. The molecule has 1 aliphatic rings. The van der Waals surface area contributed by atoms with Gasteiger partial charge in [0, 0.05) is 6.54 Å². The number of amides is 1. The van der Waals surface area contributed by atoms with E-state index in [0.29, 0.717) is 28.1 Å². The summed E-state index contributed by atoms with van der Waals surface area (Å²) in [4.78, 5) is 31.8. The lowest BCUT2D eigenvalue weighted by molar-refractivity contribution is -0.122. The quantitative estimate of drug-likeness (QED) is 0.189. The highest BCUT2D eigenvalue weighted by Crippen LogP contribution is 2.36. The van der Waals surface area contributed by atoms with Gasteiger partial charge in [0.1, 0.15) is 6.61 Å². The van der Waals surface area contributed by atoms with Crippen molar-refractivity contribution in [3.8, 4) is 11.5 Å². The van der Waals surface area contributed by atoms with Crippen LogP contribution in [0, 0.1) is 0 Å². The van der Waals surface area contributed by atoms with E-state index in [0.717, 1.165) is 29.7 Å². The summed E-state index contributed by atoms with van der Waals surface area (Å²) < 4.78 is 11.5. The van der Waals surface area contributed by atoms with Crippen LogP contribution in [0.4, 0.5) is 5.69 Å². The Morgan fingerprint density at radius 3 is 2.31 bits per heavy atom. The Hall–Kier alpha value is -4.82. The van der Waals surface area contributed by atoms with Crippen molar-refractivity contribution in [2.75, 3.05) is 13.7 Å². The highest BCUT2D eigenvalue weighted by atomic mass is 32.2. The topological polar surface area (TPSA) is 88.4 Å². The second-order valence-corrected chi connectivity index (χ2v) is 10.6. The number of hydrogen-bond donors (Lipinski definition) is 1. The fourth-order valence-electron chi connectivity index (χ4n) is 4.44. The molecule has 0 aromatic heterocycles. The van der Waals surface area contributed by atoms with Crippen LogP contribution in [-0.4, -0.2) is 40.7 Å². The lowest BCUT2D eigenvalue weighted by Gasteiger charge is -2.15. The minimum atomic E-state index is -0.971. The predicted molar refractivity (Wildman–Crippen MR) is 166 cm³/mol. The lowest BCUT2D eigenvalue weighted by Crippen LogP contribution is -2.30. The first-order valence-corrected chi connectivity index (χ1v) is 14.3. The van der Waals surface area contributed by atoms with Gasteiger partial charge < -0.3 is 14.6 Å². The molecule has 1 heterocycles. The van der Waals surface area contributed by atoms with Crippen molar-refractivity contribution in [1.82, 2.24) is 4.90 Å². The van der Waals surface area contributed by atoms with E-state index in [1.807, 2.05) is 66.7 Å². The molecule has 42 heavy (non-hydrogen) atoms. The molecule has 1 N–H and O–H groups in total. The van der Waals surface area contributed by atoms with Crippen molar-refractivity contribution in [3.63, 3.8) is 0 Å². The van der Waals surface area contributed by atoms with E-state index in [1.54, 1.807) is 42.3 Å². The van der Waals surface area contributed by atoms with Crippen molar-refractivity contribution in [3.05, 3.63) is 130 Å². The standard InChI is InChI=1S/C34H30N2O5S/c1-40-30-21-26(16-19-29(30)41-23-25-14-17-27(18-15-25)33(38)39)22-31-32(37)36(20-8-11-24-9-4-2-5-10-24)34(42-31)35-28-12-6-3-7-13-28/h2-7,9-10,12-19,21-22H,8,11,20,23H2,1H3,(H,38,39)/b31-22-,35-34?. The van der Waals surface area contributed by atoms with Crippen molar-refractivity contribution in [2.45, 2.75) is 19.4 Å². The minimum absolute atomic E-state index is 0.0770. The molecule has 7 nitrogen and oxygen atoms in total. The van der Waals surface area contributed by atoms with E-state index >= 15 is 0 Å². The van der Waals surface area contributed by atoms with Gasteiger partial charge in [0.25, 0.3) is 5.91 Å². The zero-order valence-electron chi connectivity index (χ0n) is 23.1. The fraction of sp³-hybridized carbons (Fsp3) is 0.147. The minimum Gasteiger partial charge on any atom is -0.493 e. The van der Waals surface area contributed by atoms with Crippen LogP contribution >= 0.6 is 11.8 Å². The van der Waals surface area contributed by atoms with Crippen LogP contribution in [0.25, 0.3) is 6.08 Å². The van der Waals surface area contributed by atoms with Crippen molar-refractivity contribution in [1.29, 1.82) is 0 Å². The number of carboxylic acid groups (broad SMARTS) is 1. The number of carboxylic acids is 1. The smallest absolute Gasteiger partial charge is 0.335 e. The molecular weight excluding hydrogens is 548 g/mol. The Balaban J connectivity index is 1.32. The maximum atomic E-state index is 13.6. The second-order valence-electron chi connectivity index (χ2n) is 9.59. The van der Waals surface area contributed by atoms with Crippen LogP contribution in [0.3, 0.4) is 0 Å². The van der Waals surface area contributed by atoms with Gasteiger partial charge in [-0.1, -0.05) is 66.7 Å². The number of hydrogen-bond acceptors (Lipinski definition) is 6. The summed E-state index contributed by atoms with van der Waals surface area (Å²) in [7, 11) is 1.56. The van der Waals surface area contributed by atoms with Crippen LogP contribution in [0.5, 0.6) is 11.5 Å². The third-order valence-corrected chi connectivity index (χ3v) is 7.65. The number of aliphatic imine (C=N–C) groups is 1. The maximum Gasteiger partial charge on any atom is 0.335 e. The number of aromatic carboxylic acids is 1. The molecule has 4 aromatic rings. The number of rotatable bonds is 11.